The highest BCUT2D eigenvalue weighted by molar-refractivity contribution is 5.80. The lowest BCUT2D eigenvalue weighted by molar-refractivity contribution is 0.693. The summed E-state index contributed by atoms with van der Waals surface area (Å²) in [6.45, 7) is 2.88. The molecule has 2 N–H and O–H groups in total. The normalized spacial score (nSPS) is 10.8. The smallest absolute Gasteiger partial charge is 0.204 e. The van der Waals surface area contributed by atoms with Gasteiger partial charge in [-0.15, -0.1) is 0 Å². The van der Waals surface area contributed by atoms with Gasteiger partial charge in [-0.1, -0.05) is 6.07 Å². The summed E-state index contributed by atoms with van der Waals surface area (Å²) in [5.41, 5.74) is 2.41. The van der Waals surface area contributed by atoms with Crippen molar-refractivity contribution in [1.29, 1.82) is 5.26 Å². The van der Waals surface area contributed by atoms with E-state index in [4.69, 9.17) is 5.26 Å². The highest BCUT2D eigenvalue weighted by Gasteiger charge is 1.99. The molecule has 1 aromatic heterocycles. The molecule has 0 amide bonds. The number of aromatic nitrogens is 1. The Labute approximate surface area is 108 Å². The molecule has 96 valence electrons. The van der Waals surface area contributed by atoms with Crippen LogP contribution in [0.3, 0.4) is 0 Å². The maximum atomic E-state index is 8.46. The number of nitriles is 1. The number of nitrogens with one attached hydrogen (secondary N) is 2. The van der Waals surface area contributed by atoms with E-state index in [2.05, 4.69) is 33.6 Å². The van der Waals surface area contributed by atoms with Crippen LogP contribution in [-0.4, -0.2) is 24.5 Å². The van der Waals surface area contributed by atoms with Crippen LogP contribution in [0.15, 0.2) is 23.3 Å². The first kappa shape index (κ1) is 14.0. The molecule has 0 aliphatic rings. The molecule has 0 saturated carbocycles. The number of guanidine groups is 1. The van der Waals surface area contributed by atoms with E-state index in [9.17, 15) is 0 Å². The van der Waals surface area contributed by atoms with Gasteiger partial charge in [0.25, 0.3) is 0 Å². The van der Waals surface area contributed by atoms with Gasteiger partial charge in [-0.3, -0.25) is 15.3 Å². The Morgan fingerprint density at radius 1 is 1.50 bits per heavy atom. The Kier molecular flexibility index (Phi) is 6.26. The topological polar surface area (TPSA) is 73.1 Å². The molecule has 1 heterocycles. The monoisotopic (exact) mass is 245 g/mol. The fraction of sp³-hybridized carbons (Fsp3) is 0.462. The third kappa shape index (κ3) is 4.83. The molecule has 0 radical (unpaired) electrons. The predicted molar refractivity (Wildman–Crippen MR) is 72.0 cm³/mol. The van der Waals surface area contributed by atoms with E-state index < -0.39 is 0 Å². The van der Waals surface area contributed by atoms with Crippen molar-refractivity contribution in [1.82, 2.24) is 15.6 Å². The Bertz CT molecular complexity index is 433. The Balaban J connectivity index is 2.20. The van der Waals surface area contributed by atoms with Crippen molar-refractivity contribution >= 4 is 5.96 Å². The Morgan fingerprint density at radius 3 is 3.00 bits per heavy atom. The van der Waals surface area contributed by atoms with Gasteiger partial charge in [0.15, 0.2) is 6.19 Å². The number of nitrogens with zero attached hydrogens (tertiary/aromatic N) is 3. The van der Waals surface area contributed by atoms with Crippen LogP contribution in [0.25, 0.3) is 0 Å². The van der Waals surface area contributed by atoms with Crippen molar-refractivity contribution in [2.24, 2.45) is 4.99 Å². The second-order valence-electron chi connectivity index (χ2n) is 3.96. The van der Waals surface area contributed by atoms with E-state index in [1.54, 1.807) is 7.05 Å². The SMILES string of the molecule is CN=C(NC#N)NCCCCc1ncccc1C. The van der Waals surface area contributed by atoms with Crippen molar-refractivity contribution < 1.29 is 0 Å². The number of aliphatic imine (C=N–C) groups is 1. The van der Waals surface area contributed by atoms with E-state index in [-0.39, 0.29) is 0 Å². The van der Waals surface area contributed by atoms with E-state index >= 15 is 0 Å². The minimum Gasteiger partial charge on any atom is -0.356 e. The van der Waals surface area contributed by atoms with Crippen LogP contribution in [0.2, 0.25) is 0 Å². The zero-order chi connectivity index (χ0) is 13.2. The third-order valence-electron chi connectivity index (χ3n) is 2.65. The average molecular weight is 245 g/mol. The minimum atomic E-state index is 0.520. The molecule has 0 aromatic carbocycles. The Morgan fingerprint density at radius 2 is 2.33 bits per heavy atom. The number of aryl methyl sites for hydroxylation is 2. The van der Waals surface area contributed by atoms with Gasteiger partial charge < -0.3 is 5.32 Å². The van der Waals surface area contributed by atoms with E-state index in [1.165, 1.54) is 5.56 Å². The highest BCUT2D eigenvalue weighted by Crippen LogP contribution is 2.06. The third-order valence-corrected chi connectivity index (χ3v) is 2.65. The zero-order valence-electron chi connectivity index (χ0n) is 10.9. The molecule has 1 rings (SSSR count). The van der Waals surface area contributed by atoms with Gasteiger partial charge in [-0.25, -0.2) is 0 Å². The van der Waals surface area contributed by atoms with E-state index in [0.29, 0.717) is 5.96 Å². The van der Waals surface area contributed by atoms with Crippen LogP contribution in [-0.2, 0) is 6.42 Å². The zero-order valence-corrected chi connectivity index (χ0v) is 10.9. The van der Waals surface area contributed by atoms with Gasteiger partial charge in [-0.2, -0.15) is 5.26 Å². The minimum absolute atomic E-state index is 0.520. The number of rotatable bonds is 5. The number of hydrogen-bond donors (Lipinski definition) is 2. The average Bonchev–Trinajstić information content (AvgIpc) is 2.39. The molecule has 0 spiro atoms. The van der Waals surface area contributed by atoms with Gasteiger partial charge in [0, 0.05) is 25.5 Å². The van der Waals surface area contributed by atoms with Crippen LogP contribution >= 0.6 is 0 Å². The Hall–Kier alpha value is -2.09. The molecule has 1 aromatic rings. The van der Waals surface area contributed by atoms with Crippen molar-refractivity contribution in [3.05, 3.63) is 29.6 Å². The van der Waals surface area contributed by atoms with Crippen LogP contribution in [0.5, 0.6) is 0 Å². The molecule has 0 aliphatic carbocycles. The summed E-state index contributed by atoms with van der Waals surface area (Å²) >= 11 is 0. The van der Waals surface area contributed by atoms with Gasteiger partial charge in [-0.05, 0) is 37.8 Å². The standard InChI is InChI=1S/C13H19N5/c1-11-6-5-9-16-12(11)7-3-4-8-17-13(15-2)18-10-14/h5-6,9H,3-4,7-8H2,1-2H3,(H2,15,17,18). The van der Waals surface area contributed by atoms with Crippen LogP contribution < -0.4 is 10.6 Å². The molecule has 0 unspecified atom stereocenters. The number of pyridine rings is 1. The van der Waals surface area contributed by atoms with Crippen molar-refractivity contribution in [2.45, 2.75) is 26.2 Å². The summed E-state index contributed by atoms with van der Waals surface area (Å²) in [5, 5.41) is 14.0. The first-order valence-electron chi connectivity index (χ1n) is 6.04. The largest absolute Gasteiger partial charge is 0.356 e. The summed E-state index contributed by atoms with van der Waals surface area (Å²) in [6, 6.07) is 4.04. The molecule has 5 heteroatoms. The maximum absolute atomic E-state index is 8.46. The lowest BCUT2D eigenvalue weighted by atomic mass is 10.1. The summed E-state index contributed by atoms with van der Waals surface area (Å²) in [6.07, 6.45) is 6.74. The van der Waals surface area contributed by atoms with Crippen molar-refractivity contribution in [2.75, 3.05) is 13.6 Å². The summed E-state index contributed by atoms with van der Waals surface area (Å²) in [5.74, 6) is 0.520. The van der Waals surface area contributed by atoms with Crippen LogP contribution in [0, 0.1) is 18.4 Å². The van der Waals surface area contributed by atoms with Crippen LogP contribution in [0.4, 0.5) is 0 Å². The molecule has 0 fully saturated rings. The molecular formula is C13H19N5. The molecule has 5 nitrogen and oxygen atoms in total. The lowest BCUT2D eigenvalue weighted by Gasteiger charge is -2.07. The predicted octanol–water partition coefficient (Wildman–Crippen LogP) is 1.36. The number of unbranched alkanes of at least 4 members (excludes halogenated alkanes) is 1. The second kappa shape index (κ2) is 8.07. The van der Waals surface area contributed by atoms with Gasteiger partial charge in [0.1, 0.15) is 0 Å². The van der Waals surface area contributed by atoms with Gasteiger partial charge in [0.05, 0.1) is 0 Å². The fourth-order valence-corrected chi connectivity index (χ4v) is 1.64. The van der Waals surface area contributed by atoms with E-state index in [0.717, 1.165) is 31.5 Å². The lowest BCUT2D eigenvalue weighted by Crippen LogP contribution is -2.34. The summed E-state index contributed by atoms with van der Waals surface area (Å²) in [7, 11) is 1.64. The van der Waals surface area contributed by atoms with Crippen LogP contribution in [0.1, 0.15) is 24.1 Å². The van der Waals surface area contributed by atoms with Crippen molar-refractivity contribution in [3.63, 3.8) is 0 Å². The molecule has 0 bridgehead atoms. The molecule has 0 saturated heterocycles. The van der Waals surface area contributed by atoms with Gasteiger partial charge in [0.2, 0.25) is 5.96 Å². The highest BCUT2D eigenvalue weighted by atomic mass is 15.2. The molecule has 18 heavy (non-hydrogen) atoms. The molecular weight excluding hydrogens is 226 g/mol. The summed E-state index contributed by atoms with van der Waals surface area (Å²) < 4.78 is 0. The fourth-order valence-electron chi connectivity index (χ4n) is 1.64. The second-order valence-corrected chi connectivity index (χ2v) is 3.96. The summed E-state index contributed by atoms with van der Waals surface area (Å²) in [4.78, 5) is 8.26. The van der Waals surface area contributed by atoms with Gasteiger partial charge >= 0.3 is 0 Å². The first-order valence-corrected chi connectivity index (χ1v) is 6.04. The first-order chi connectivity index (χ1) is 8.77. The van der Waals surface area contributed by atoms with Crippen molar-refractivity contribution in [3.8, 4) is 6.19 Å². The number of hydrogen-bond acceptors (Lipinski definition) is 3. The quantitative estimate of drug-likeness (QED) is 0.270. The molecule has 0 aliphatic heterocycles. The molecule has 0 atom stereocenters. The van der Waals surface area contributed by atoms with E-state index in [1.807, 2.05) is 18.5 Å². The maximum Gasteiger partial charge on any atom is 0.204 e.